The molecule has 0 aliphatic carbocycles. The normalized spacial score (nSPS) is 14.1. The molecule has 140 valence electrons. The molecule has 0 radical (unpaired) electrons. The number of fused-ring (bicyclic) bond motifs is 1. The largest absolute Gasteiger partial charge is 0.573 e. The quantitative estimate of drug-likeness (QED) is 0.704. The van der Waals surface area contributed by atoms with Crippen LogP contribution in [-0.2, 0) is 20.6 Å². The van der Waals surface area contributed by atoms with E-state index < -0.39 is 6.36 Å². The number of ether oxygens (including phenoxy) is 1. The summed E-state index contributed by atoms with van der Waals surface area (Å²) in [5.41, 5.74) is 4.50. The molecule has 0 atom stereocenters. The lowest BCUT2D eigenvalue weighted by Crippen LogP contribution is -2.22. The number of hydrogen-bond acceptors (Lipinski definition) is 4. The third kappa shape index (κ3) is 3.40. The van der Waals surface area contributed by atoms with Crippen molar-refractivity contribution in [3.8, 4) is 5.75 Å². The summed E-state index contributed by atoms with van der Waals surface area (Å²) >= 11 is 0. The lowest BCUT2D eigenvalue weighted by atomic mass is 10.0. The van der Waals surface area contributed by atoms with E-state index in [4.69, 9.17) is 0 Å². The van der Waals surface area contributed by atoms with Gasteiger partial charge in [0.15, 0.2) is 0 Å². The molecule has 0 fully saturated rings. The van der Waals surface area contributed by atoms with E-state index in [2.05, 4.69) is 14.8 Å². The molecule has 0 bridgehead atoms. The maximum absolute atomic E-state index is 12.3. The fraction of sp³-hybridized carbons (Fsp3) is 0.222. The van der Waals surface area contributed by atoms with E-state index in [1.54, 1.807) is 29.3 Å². The van der Waals surface area contributed by atoms with Gasteiger partial charge in [0.2, 0.25) is 0 Å². The van der Waals surface area contributed by atoms with Crippen LogP contribution in [0.3, 0.4) is 0 Å². The van der Waals surface area contributed by atoms with E-state index in [-0.39, 0.29) is 5.75 Å². The van der Waals surface area contributed by atoms with Crippen molar-refractivity contribution >= 4 is 11.3 Å². The van der Waals surface area contributed by atoms with Gasteiger partial charge in [-0.3, -0.25) is 4.68 Å². The zero-order valence-corrected chi connectivity index (χ0v) is 14.6. The number of imidazole rings is 1. The Labute approximate surface area is 153 Å². The van der Waals surface area contributed by atoms with Gasteiger partial charge in [-0.25, -0.2) is 4.98 Å². The summed E-state index contributed by atoms with van der Waals surface area (Å²) in [5.74, 6) is -0.252. The van der Waals surface area contributed by atoms with Crippen molar-refractivity contribution < 1.29 is 17.9 Å². The Morgan fingerprint density at radius 2 is 1.85 bits per heavy atom. The average molecular weight is 375 g/mol. The Hall–Kier alpha value is -3.23. The molecule has 4 rings (SSSR count). The molecule has 0 unspecified atom stereocenters. The number of aryl methyl sites for hydroxylation is 2. The molecule has 3 heterocycles. The van der Waals surface area contributed by atoms with Crippen LogP contribution in [0.4, 0.5) is 18.9 Å². The molecule has 1 aliphatic heterocycles. The van der Waals surface area contributed by atoms with Gasteiger partial charge >= 0.3 is 6.36 Å². The number of nitrogens with zero attached hydrogens (tertiary/aromatic N) is 5. The molecular weight excluding hydrogens is 359 g/mol. The molecule has 6 nitrogen and oxygen atoms in total. The second kappa shape index (κ2) is 6.19. The van der Waals surface area contributed by atoms with Gasteiger partial charge in [0.05, 0.1) is 30.5 Å². The van der Waals surface area contributed by atoms with E-state index in [0.717, 1.165) is 28.2 Å². The molecule has 0 N–H and O–H groups in total. The van der Waals surface area contributed by atoms with Gasteiger partial charge in [-0.2, -0.15) is 5.10 Å². The van der Waals surface area contributed by atoms with Gasteiger partial charge in [-0.1, -0.05) is 0 Å². The number of halogens is 3. The van der Waals surface area contributed by atoms with Crippen LogP contribution >= 0.6 is 0 Å². The molecule has 9 heteroatoms. The molecule has 0 spiro atoms. The van der Waals surface area contributed by atoms with Crippen molar-refractivity contribution in [1.29, 1.82) is 0 Å². The van der Waals surface area contributed by atoms with Crippen LogP contribution in [0.2, 0.25) is 0 Å². The van der Waals surface area contributed by atoms with Crippen LogP contribution < -0.4 is 9.64 Å². The summed E-state index contributed by atoms with van der Waals surface area (Å²) in [4.78, 5) is 6.40. The van der Waals surface area contributed by atoms with E-state index in [0.29, 0.717) is 6.54 Å². The van der Waals surface area contributed by atoms with Crippen LogP contribution in [0, 0.1) is 0 Å². The van der Waals surface area contributed by atoms with Gasteiger partial charge in [0, 0.05) is 43.3 Å². The van der Waals surface area contributed by atoms with Gasteiger partial charge in [0.1, 0.15) is 5.75 Å². The van der Waals surface area contributed by atoms with Crippen molar-refractivity contribution in [3.63, 3.8) is 0 Å². The first-order chi connectivity index (χ1) is 12.8. The summed E-state index contributed by atoms with van der Waals surface area (Å²) in [7, 11) is 3.77. The van der Waals surface area contributed by atoms with Crippen molar-refractivity contribution in [2.24, 2.45) is 14.1 Å². The molecular formula is C18H16F3N5O. The fourth-order valence-corrected chi connectivity index (χ4v) is 3.14. The number of rotatable bonds is 3. The number of benzene rings is 1. The lowest BCUT2D eigenvalue weighted by molar-refractivity contribution is -0.274. The predicted molar refractivity (Wildman–Crippen MR) is 92.8 cm³/mol. The van der Waals surface area contributed by atoms with Crippen molar-refractivity contribution in [1.82, 2.24) is 19.3 Å². The standard InChI is InChI=1S/C18H16F3N5O/c1-24-11-22-16-10-26(9-15(17(16)24)12-7-23-25(2)8-12)13-3-5-14(6-4-13)27-18(19,20)21/h3-9,11H,10H2,1-2H3. The first-order valence-electron chi connectivity index (χ1n) is 8.14. The number of alkyl halides is 3. The molecule has 3 aromatic rings. The highest BCUT2D eigenvalue weighted by atomic mass is 19.4. The second-order valence-corrected chi connectivity index (χ2v) is 6.27. The Kier molecular flexibility index (Phi) is 3.94. The van der Waals surface area contributed by atoms with Gasteiger partial charge in [-0.05, 0) is 24.3 Å². The maximum atomic E-state index is 12.3. The fourth-order valence-electron chi connectivity index (χ4n) is 3.14. The molecule has 0 saturated carbocycles. The minimum absolute atomic E-state index is 0.252. The summed E-state index contributed by atoms with van der Waals surface area (Å²) < 4.78 is 44.6. The van der Waals surface area contributed by atoms with Gasteiger partial charge in [-0.15, -0.1) is 13.2 Å². The molecule has 27 heavy (non-hydrogen) atoms. The molecule has 1 aromatic carbocycles. The highest BCUT2D eigenvalue weighted by Gasteiger charge is 2.31. The number of hydrogen-bond donors (Lipinski definition) is 0. The Morgan fingerprint density at radius 1 is 1.11 bits per heavy atom. The van der Waals surface area contributed by atoms with Crippen LogP contribution in [-0.4, -0.2) is 25.7 Å². The predicted octanol–water partition coefficient (Wildman–Crippen LogP) is 3.46. The summed E-state index contributed by atoms with van der Waals surface area (Å²) in [6.45, 7) is 0.513. The molecule has 0 saturated heterocycles. The zero-order chi connectivity index (χ0) is 19.2. The summed E-state index contributed by atoms with van der Waals surface area (Å²) in [5, 5.41) is 4.23. The van der Waals surface area contributed by atoms with Crippen LogP contribution in [0.25, 0.3) is 5.57 Å². The first-order valence-corrected chi connectivity index (χ1v) is 8.14. The Bertz CT molecular complexity index is 1000. The Morgan fingerprint density at radius 3 is 2.48 bits per heavy atom. The van der Waals surface area contributed by atoms with Crippen molar-refractivity contribution in [2.75, 3.05) is 4.90 Å². The third-order valence-corrected chi connectivity index (χ3v) is 4.29. The minimum Gasteiger partial charge on any atom is -0.406 e. The molecule has 2 aromatic heterocycles. The highest BCUT2D eigenvalue weighted by molar-refractivity contribution is 5.82. The second-order valence-electron chi connectivity index (χ2n) is 6.27. The minimum atomic E-state index is -4.71. The lowest BCUT2D eigenvalue weighted by Gasteiger charge is -2.27. The Balaban J connectivity index is 1.70. The third-order valence-electron chi connectivity index (χ3n) is 4.29. The molecule has 0 amide bonds. The topological polar surface area (TPSA) is 48.1 Å². The van der Waals surface area contributed by atoms with E-state index in [9.17, 15) is 13.2 Å². The van der Waals surface area contributed by atoms with Crippen LogP contribution in [0.15, 0.2) is 49.2 Å². The average Bonchev–Trinajstić information content (AvgIpc) is 3.20. The highest BCUT2D eigenvalue weighted by Crippen LogP contribution is 2.34. The maximum Gasteiger partial charge on any atom is 0.573 e. The number of anilines is 1. The number of aromatic nitrogens is 4. The summed E-state index contributed by atoms with van der Waals surface area (Å²) in [6, 6.07) is 5.78. The summed E-state index contributed by atoms with van der Waals surface area (Å²) in [6.07, 6.45) is 2.68. The van der Waals surface area contributed by atoms with E-state index >= 15 is 0 Å². The van der Waals surface area contributed by atoms with E-state index in [1.807, 2.05) is 36.0 Å². The first kappa shape index (κ1) is 17.2. The smallest absolute Gasteiger partial charge is 0.406 e. The zero-order valence-electron chi connectivity index (χ0n) is 14.6. The van der Waals surface area contributed by atoms with Crippen LogP contribution in [0.5, 0.6) is 5.75 Å². The van der Waals surface area contributed by atoms with Crippen molar-refractivity contribution in [2.45, 2.75) is 12.9 Å². The van der Waals surface area contributed by atoms with Crippen molar-refractivity contribution in [3.05, 3.63) is 66.1 Å². The SMILES string of the molecule is Cn1cc(C2=CN(c3ccc(OC(F)(F)F)cc3)Cc3ncn(C)c32)cn1. The van der Waals surface area contributed by atoms with E-state index in [1.165, 1.54) is 12.1 Å². The van der Waals surface area contributed by atoms with Gasteiger partial charge < -0.3 is 14.2 Å². The molecule has 1 aliphatic rings. The van der Waals surface area contributed by atoms with Crippen LogP contribution in [0.1, 0.15) is 17.0 Å². The van der Waals surface area contributed by atoms with Gasteiger partial charge in [0.25, 0.3) is 0 Å². The monoisotopic (exact) mass is 375 g/mol.